The summed E-state index contributed by atoms with van der Waals surface area (Å²) < 4.78 is 0. The van der Waals surface area contributed by atoms with E-state index in [2.05, 4.69) is 61.2 Å². The molecule has 0 fully saturated rings. The van der Waals surface area contributed by atoms with Crippen molar-refractivity contribution in [3.63, 3.8) is 0 Å². The molecule has 1 aliphatic rings. The maximum absolute atomic E-state index is 6.23. The molecule has 0 spiro atoms. The van der Waals surface area contributed by atoms with Crippen molar-refractivity contribution in [3.05, 3.63) is 83.9 Å². The minimum atomic E-state index is 0.0783. The van der Waals surface area contributed by atoms with Gasteiger partial charge in [-0.2, -0.15) is 0 Å². The number of nitrogens with two attached hydrogens (primary N) is 1. The maximum Gasteiger partial charge on any atom is 0.0253 e. The van der Waals surface area contributed by atoms with Crippen LogP contribution in [0.2, 0.25) is 0 Å². The van der Waals surface area contributed by atoms with Gasteiger partial charge in [-0.15, -0.1) is 6.58 Å². The molecule has 0 heterocycles. The number of hydrogen-bond acceptors (Lipinski definition) is 1. The molecule has 1 nitrogen and oxygen atoms in total. The molecule has 3 atom stereocenters. The van der Waals surface area contributed by atoms with Gasteiger partial charge in [-0.05, 0) is 35.4 Å². The van der Waals surface area contributed by atoms with Crippen LogP contribution in [0.1, 0.15) is 29.0 Å². The first-order chi connectivity index (χ1) is 9.79. The van der Waals surface area contributed by atoms with E-state index in [-0.39, 0.29) is 6.04 Å². The van der Waals surface area contributed by atoms with Gasteiger partial charge in [-0.1, -0.05) is 60.7 Å². The SMILES string of the molecule is C=CC(N)C1Cc2ccccc2C(c2ccccc2)C1. The molecule has 0 bridgehead atoms. The Labute approximate surface area is 121 Å². The van der Waals surface area contributed by atoms with Crippen molar-refractivity contribution in [2.75, 3.05) is 0 Å². The number of benzene rings is 2. The van der Waals surface area contributed by atoms with Gasteiger partial charge >= 0.3 is 0 Å². The summed E-state index contributed by atoms with van der Waals surface area (Å²) in [6.07, 6.45) is 4.06. The zero-order valence-electron chi connectivity index (χ0n) is 11.7. The van der Waals surface area contributed by atoms with Crippen molar-refractivity contribution in [2.24, 2.45) is 11.7 Å². The Balaban J connectivity index is 2.02. The van der Waals surface area contributed by atoms with Crippen LogP contribution in [0.5, 0.6) is 0 Å². The molecule has 0 amide bonds. The van der Waals surface area contributed by atoms with E-state index in [0.29, 0.717) is 11.8 Å². The van der Waals surface area contributed by atoms with Crippen molar-refractivity contribution in [1.29, 1.82) is 0 Å². The van der Waals surface area contributed by atoms with Crippen LogP contribution in [0.15, 0.2) is 67.3 Å². The molecule has 1 heteroatoms. The van der Waals surface area contributed by atoms with Gasteiger partial charge in [-0.3, -0.25) is 0 Å². The van der Waals surface area contributed by atoms with Crippen LogP contribution in [0.3, 0.4) is 0 Å². The lowest BCUT2D eigenvalue weighted by atomic mass is 9.72. The summed E-state index contributed by atoms with van der Waals surface area (Å²) in [5.74, 6) is 0.935. The molecule has 0 aromatic heterocycles. The smallest absolute Gasteiger partial charge is 0.0253 e. The van der Waals surface area contributed by atoms with E-state index in [9.17, 15) is 0 Å². The van der Waals surface area contributed by atoms with E-state index in [1.807, 2.05) is 6.08 Å². The van der Waals surface area contributed by atoms with Crippen LogP contribution >= 0.6 is 0 Å². The minimum Gasteiger partial charge on any atom is -0.324 e. The first-order valence-corrected chi connectivity index (χ1v) is 7.30. The Morgan fingerprint density at radius 1 is 1.05 bits per heavy atom. The predicted octanol–water partition coefficient (Wildman–Crippen LogP) is 3.89. The third kappa shape index (κ3) is 2.41. The van der Waals surface area contributed by atoms with Crippen molar-refractivity contribution in [2.45, 2.75) is 24.8 Å². The van der Waals surface area contributed by atoms with Crippen LogP contribution < -0.4 is 5.73 Å². The molecule has 0 radical (unpaired) electrons. The van der Waals surface area contributed by atoms with Gasteiger partial charge in [0.05, 0.1) is 0 Å². The lowest BCUT2D eigenvalue weighted by Crippen LogP contribution is -2.33. The molecule has 2 aromatic rings. The highest BCUT2D eigenvalue weighted by Crippen LogP contribution is 2.40. The summed E-state index contributed by atoms with van der Waals surface area (Å²) in [5.41, 5.74) is 10.5. The van der Waals surface area contributed by atoms with Gasteiger partial charge in [0.15, 0.2) is 0 Å². The molecule has 0 saturated heterocycles. The second kappa shape index (κ2) is 5.64. The zero-order chi connectivity index (χ0) is 13.9. The molecule has 20 heavy (non-hydrogen) atoms. The van der Waals surface area contributed by atoms with Crippen LogP contribution in [-0.4, -0.2) is 6.04 Å². The normalized spacial score (nSPS) is 22.9. The largest absolute Gasteiger partial charge is 0.324 e. The fraction of sp³-hybridized carbons (Fsp3) is 0.263. The monoisotopic (exact) mass is 263 g/mol. The second-order valence-electron chi connectivity index (χ2n) is 5.68. The third-order valence-electron chi connectivity index (χ3n) is 4.47. The van der Waals surface area contributed by atoms with Crippen LogP contribution in [0.4, 0.5) is 0 Å². The van der Waals surface area contributed by atoms with Crippen LogP contribution in [-0.2, 0) is 6.42 Å². The number of hydrogen-bond donors (Lipinski definition) is 1. The van der Waals surface area contributed by atoms with E-state index < -0.39 is 0 Å². The fourth-order valence-electron chi connectivity index (χ4n) is 3.34. The van der Waals surface area contributed by atoms with E-state index in [0.717, 1.165) is 12.8 Å². The molecule has 102 valence electrons. The van der Waals surface area contributed by atoms with E-state index in [1.165, 1.54) is 16.7 Å². The summed E-state index contributed by atoms with van der Waals surface area (Å²) in [4.78, 5) is 0. The molecular weight excluding hydrogens is 242 g/mol. The summed E-state index contributed by atoms with van der Waals surface area (Å²) in [5, 5.41) is 0. The molecular formula is C19H21N. The lowest BCUT2D eigenvalue weighted by Gasteiger charge is -2.34. The highest BCUT2D eigenvalue weighted by molar-refractivity contribution is 5.40. The second-order valence-corrected chi connectivity index (χ2v) is 5.68. The van der Waals surface area contributed by atoms with Gasteiger partial charge in [0, 0.05) is 12.0 Å². The van der Waals surface area contributed by atoms with Gasteiger partial charge < -0.3 is 5.73 Å². The Morgan fingerprint density at radius 3 is 2.50 bits per heavy atom. The molecule has 3 unspecified atom stereocenters. The van der Waals surface area contributed by atoms with Crippen molar-refractivity contribution >= 4 is 0 Å². The Hall–Kier alpha value is -1.86. The molecule has 2 N–H and O–H groups in total. The van der Waals surface area contributed by atoms with Gasteiger partial charge in [-0.25, -0.2) is 0 Å². The van der Waals surface area contributed by atoms with Crippen LogP contribution in [0, 0.1) is 5.92 Å². The molecule has 0 saturated carbocycles. The summed E-state index contributed by atoms with van der Waals surface area (Å²) in [7, 11) is 0. The molecule has 0 aliphatic heterocycles. The Bertz CT molecular complexity index is 588. The third-order valence-corrected chi connectivity index (χ3v) is 4.47. The average Bonchev–Trinajstić information content (AvgIpc) is 2.54. The maximum atomic E-state index is 6.23. The Morgan fingerprint density at radius 2 is 1.75 bits per heavy atom. The Kier molecular flexibility index (Phi) is 3.70. The fourth-order valence-corrected chi connectivity index (χ4v) is 3.34. The number of fused-ring (bicyclic) bond motifs is 1. The van der Waals surface area contributed by atoms with Crippen molar-refractivity contribution in [3.8, 4) is 0 Å². The zero-order valence-corrected chi connectivity index (χ0v) is 11.7. The summed E-state index contributed by atoms with van der Waals surface area (Å²) in [6, 6.07) is 19.6. The molecule has 3 rings (SSSR count). The van der Waals surface area contributed by atoms with Crippen LogP contribution in [0.25, 0.3) is 0 Å². The summed E-state index contributed by atoms with van der Waals surface area (Å²) in [6.45, 7) is 3.86. The first-order valence-electron chi connectivity index (χ1n) is 7.30. The van der Waals surface area contributed by atoms with Crippen molar-refractivity contribution in [1.82, 2.24) is 0 Å². The molecule has 1 aliphatic carbocycles. The minimum absolute atomic E-state index is 0.0783. The highest BCUT2D eigenvalue weighted by atomic mass is 14.6. The van der Waals surface area contributed by atoms with E-state index in [4.69, 9.17) is 5.73 Å². The highest BCUT2D eigenvalue weighted by Gasteiger charge is 2.29. The number of rotatable bonds is 3. The standard InChI is InChI=1S/C19H21N/c1-2-19(20)16-12-15-10-6-7-11-17(15)18(13-16)14-8-4-3-5-9-14/h2-11,16,18-19H,1,12-13,20H2. The van der Waals surface area contributed by atoms with E-state index >= 15 is 0 Å². The first kappa shape index (κ1) is 13.1. The predicted molar refractivity (Wildman–Crippen MR) is 84.7 cm³/mol. The quantitative estimate of drug-likeness (QED) is 0.835. The van der Waals surface area contributed by atoms with Crippen molar-refractivity contribution < 1.29 is 0 Å². The van der Waals surface area contributed by atoms with E-state index in [1.54, 1.807) is 0 Å². The average molecular weight is 263 g/mol. The molecule has 2 aromatic carbocycles. The summed E-state index contributed by atoms with van der Waals surface area (Å²) >= 11 is 0. The van der Waals surface area contributed by atoms with Gasteiger partial charge in [0.25, 0.3) is 0 Å². The van der Waals surface area contributed by atoms with Gasteiger partial charge in [0.1, 0.15) is 0 Å². The topological polar surface area (TPSA) is 26.0 Å². The van der Waals surface area contributed by atoms with Gasteiger partial charge in [0.2, 0.25) is 0 Å². The lowest BCUT2D eigenvalue weighted by molar-refractivity contribution is 0.393.